The van der Waals surface area contributed by atoms with E-state index in [1.54, 1.807) is 25.1 Å². The fraction of sp³-hybridized carbons (Fsp3) is 0.250. The summed E-state index contributed by atoms with van der Waals surface area (Å²) in [6.07, 6.45) is 0. The third kappa shape index (κ3) is 2.95. The van der Waals surface area contributed by atoms with Gasteiger partial charge in [0.05, 0.1) is 19.8 Å². The highest BCUT2D eigenvalue weighted by Crippen LogP contribution is 2.30. The highest BCUT2D eigenvalue weighted by molar-refractivity contribution is 6.03. The molecule has 0 unspecified atom stereocenters. The number of carbonyl (C=O) groups excluding carboxylic acids is 1. The molecule has 0 bridgehead atoms. The lowest BCUT2D eigenvalue weighted by Crippen LogP contribution is -2.34. The molecule has 1 amide bonds. The van der Waals surface area contributed by atoms with Crippen LogP contribution in [0.1, 0.15) is 21.6 Å². The molecule has 0 aliphatic carbocycles. The number of nitrogens with zero attached hydrogens (tertiary/aromatic N) is 1. The first-order valence-electron chi connectivity index (χ1n) is 6.70. The quantitative estimate of drug-likeness (QED) is 0.936. The summed E-state index contributed by atoms with van der Waals surface area (Å²) < 4.78 is 11.6. The highest BCUT2D eigenvalue weighted by Gasteiger charge is 2.17. The number of nitrogens with one attached hydrogen (secondary N) is 1. The number of aromatic nitrogens is 1. The highest BCUT2D eigenvalue weighted by atomic mass is 16.5. The van der Waals surface area contributed by atoms with Crippen molar-refractivity contribution in [2.45, 2.75) is 13.8 Å². The number of rotatable bonds is 4. The summed E-state index contributed by atoms with van der Waals surface area (Å²) in [5.74, 6) is 0.313. The molecule has 6 heteroatoms. The molecule has 0 atom stereocenters. The average Bonchev–Trinajstić information content (AvgIpc) is 2.49. The van der Waals surface area contributed by atoms with Gasteiger partial charge in [0.1, 0.15) is 0 Å². The van der Waals surface area contributed by atoms with Crippen LogP contribution in [0.2, 0.25) is 0 Å². The smallest absolute Gasteiger partial charge is 0.274 e. The topological polar surface area (TPSA) is 69.6 Å². The van der Waals surface area contributed by atoms with Crippen LogP contribution in [0.3, 0.4) is 0 Å². The Morgan fingerprint density at radius 2 is 1.86 bits per heavy atom. The van der Waals surface area contributed by atoms with Crippen LogP contribution in [0, 0.1) is 13.8 Å². The van der Waals surface area contributed by atoms with Crippen molar-refractivity contribution in [3.63, 3.8) is 0 Å². The van der Waals surface area contributed by atoms with Crippen molar-refractivity contribution in [3.05, 3.63) is 57.5 Å². The molecule has 22 heavy (non-hydrogen) atoms. The van der Waals surface area contributed by atoms with E-state index in [0.717, 1.165) is 5.56 Å². The minimum atomic E-state index is -0.454. The van der Waals surface area contributed by atoms with Crippen molar-refractivity contribution in [1.29, 1.82) is 0 Å². The van der Waals surface area contributed by atoms with Gasteiger partial charge in [-0.1, -0.05) is 6.07 Å². The summed E-state index contributed by atoms with van der Waals surface area (Å²) >= 11 is 0. The lowest BCUT2D eigenvalue weighted by Gasteiger charge is -2.15. The van der Waals surface area contributed by atoms with Crippen molar-refractivity contribution in [3.8, 4) is 11.5 Å². The SMILES string of the molecule is COc1cccc(C(=O)Nn2c(C)cc(C)cc2=O)c1OC. The van der Waals surface area contributed by atoms with Gasteiger partial charge in [-0.15, -0.1) is 0 Å². The van der Waals surface area contributed by atoms with Gasteiger partial charge in [-0.3, -0.25) is 15.0 Å². The second kappa shape index (κ2) is 6.34. The number of benzene rings is 1. The number of amides is 1. The Balaban J connectivity index is 2.41. The standard InChI is InChI=1S/C16H18N2O4/c1-10-8-11(2)18(14(19)9-10)17-16(20)12-6-5-7-13(21-3)15(12)22-4/h5-9H,1-4H3,(H,17,20). The Kier molecular flexibility index (Phi) is 4.50. The number of methoxy groups -OCH3 is 2. The zero-order valence-electron chi connectivity index (χ0n) is 13.0. The third-order valence-electron chi connectivity index (χ3n) is 3.22. The maximum absolute atomic E-state index is 12.4. The van der Waals surface area contributed by atoms with Gasteiger partial charge >= 0.3 is 0 Å². The van der Waals surface area contributed by atoms with Crippen LogP contribution in [0.5, 0.6) is 11.5 Å². The molecule has 2 rings (SSSR count). The summed E-state index contributed by atoms with van der Waals surface area (Å²) in [5, 5.41) is 0. The van der Waals surface area contributed by atoms with Crippen LogP contribution in [0.4, 0.5) is 0 Å². The Morgan fingerprint density at radius 3 is 2.45 bits per heavy atom. The molecule has 1 aromatic heterocycles. The van der Waals surface area contributed by atoms with E-state index >= 15 is 0 Å². The van der Waals surface area contributed by atoms with Crippen molar-refractivity contribution >= 4 is 5.91 Å². The zero-order chi connectivity index (χ0) is 16.3. The molecule has 116 valence electrons. The van der Waals surface area contributed by atoms with E-state index in [1.807, 2.05) is 13.0 Å². The minimum absolute atomic E-state index is 0.286. The van der Waals surface area contributed by atoms with E-state index in [2.05, 4.69) is 5.43 Å². The van der Waals surface area contributed by atoms with Crippen LogP contribution in [-0.2, 0) is 0 Å². The van der Waals surface area contributed by atoms with E-state index in [0.29, 0.717) is 17.2 Å². The van der Waals surface area contributed by atoms with Crippen LogP contribution in [-0.4, -0.2) is 24.8 Å². The predicted molar refractivity (Wildman–Crippen MR) is 83.4 cm³/mol. The first-order chi connectivity index (χ1) is 10.5. The van der Waals surface area contributed by atoms with Gasteiger partial charge in [0.2, 0.25) is 0 Å². The first-order valence-corrected chi connectivity index (χ1v) is 6.70. The molecule has 0 aliphatic heterocycles. The van der Waals surface area contributed by atoms with Gasteiger partial charge in [-0.2, -0.15) is 0 Å². The largest absolute Gasteiger partial charge is 0.493 e. The van der Waals surface area contributed by atoms with Gasteiger partial charge in [0, 0.05) is 11.8 Å². The second-order valence-electron chi connectivity index (χ2n) is 4.83. The van der Waals surface area contributed by atoms with Crippen molar-refractivity contribution in [2.75, 3.05) is 19.6 Å². The monoisotopic (exact) mass is 302 g/mol. The van der Waals surface area contributed by atoms with E-state index < -0.39 is 5.91 Å². The van der Waals surface area contributed by atoms with Crippen LogP contribution in [0.15, 0.2) is 35.1 Å². The van der Waals surface area contributed by atoms with E-state index in [4.69, 9.17) is 9.47 Å². The molecular weight excluding hydrogens is 284 g/mol. The zero-order valence-corrected chi connectivity index (χ0v) is 13.0. The minimum Gasteiger partial charge on any atom is -0.493 e. The molecule has 0 saturated heterocycles. The molecular formula is C16H18N2O4. The fourth-order valence-electron chi connectivity index (χ4n) is 2.24. The van der Waals surface area contributed by atoms with Crippen LogP contribution >= 0.6 is 0 Å². The molecule has 0 aliphatic rings. The number of ether oxygens (including phenoxy) is 2. The normalized spacial score (nSPS) is 10.2. The number of aryl methyl sites for hydroxylation is 2. The number of carbonyl (C=O) groups is 1. The molecule has 0 fully saturated rings. The molecule has 0 spiro atoms. The van der Waals surface area contributed by atoms with Gasteiger partial charge < -0.3 is 9.47 Å². The van der Waals surface area contributed by atoms with Crippen molar-refractivity contribution in [2.24, 2.45) is 0 Å². The second-order valence-corrected chi connectivity index (χ2v) is 4.83. The molecule has 2 aromatic rings. The Bertz CT molecular complexity index is 765. The Labute approximate surface area is 128 Å². The molecule has 1 heterocycles. The van der Waals surface area contributed by atoms with Gasteiger partial charge in [-0.05, 0) is 37.6 Å². The molecule has 0 radical (unpaired) electrons. The fourth-order valence-corrected chi connectivity index (χ4v) is 2.24. The summed E-state index contributed by atoms with van der Waals surface area (Å²) in [7, 11) is 2.95. The molecule has 6 nitrogen and oxygen atoms in total. The Hall–Kier alpha value is -2.76. The van der Waals surface area contributed by atoms with Gasteiger partial charge in [0.15, 0.2) is 11.5 Å². The number of hydrogen-bond acceptors (Lipinski definition) is 4. The van der Waals surface area contributed by atoms with Crippen LogP contribution < -0.4 is 20.5 Å². The number of para-hydroxylation sites is 1. The Morgan fingerprint density at radius 1 is 1.14 bits per heavy atom. The van der Waals surface area contributed by atoms with E-state index in [1.165, 1.54) is 25.0 Å². The van der Waals surface area contributed by atoms with Gasteiger partial charge in [-0.25, -0.2) is 4.68 Å². The molecule has 0 saturated carbocycles. The van der Waals surface area contributed by atoms with Crippen molar-refractivity contribution < 1.29 is 14.3 Å². The molecule has 1 aromatic carbocycles. The summed E-state index contributed by atoms with van der Waals surface area (Å²) in [5.41, 5.74) is 4.04. The molecule has 1 N–H and O–H groups in total. The van der Waals surface area contributed by atoms with Crippen molar-refractivity contribution in [1.82, 2.24) is 4.68 Å². The van der Waals surface area contributed by atoms with Crippen LogP contribution in [0.25, 0.3) is 0 Å². The third-order valence-corrected chi connectivity index (χ3v) is 3.22. The predicted octanol–water partition coefficient (Wildman–Crippen LogP) is 1.87. The number of hydrogen-bond donors (Lipinski definition) is 1. The van der Waals surface area contributed by atoms with Gasteiger partial charge in [0.25, 0.3) is 11.5 Å². The number of pyridine rings is 1. The lowest BCUT2D eigenvalue weighted by atomic mass is 10.1. The maximum Gasteiger partial charge on any atom is 0.274 e. The first kappa shape index (κ1) is 15.6. The summed E-state index contributed by atoms with van der Waals surface area (Å²) in [4.78, 5) is 24.4. The summed E-state index contributed by atoms with van der Waals surface area (Å²) in [6, 6.07) is 8.24. The maximum atomic E-state index is 12.4. The lowest BCUT2D eigenvalue weighted by molar-refractivity contribution is 0.100. The van der Waals surface area contributed by atoms with E-state index in [-0.39, 0.29) is 11.1 Å². The van der Waals surface area contributed by atoms with E-state index in [9.17, 15) is 9.59 Å². The average molecular weight is 302 g/mol. The summed E-state index contributed by atoms with van der Waals surface area (Å²) in [6.45, 7) is 3.57.